The molecule has 2 aromatic rings. The molecule has 0 aromatic heterocycles. The van der Waals surface area contributed by atoms with E-state index >= 15 is 0 Å². The lowest BCUT2D eigenvalue weighted by Gasteiger charge is -2.13. The van der Waals surface area contributed by atoms with Crippen molar-refractivity contribution < 1.29 is 14.6 Å². The Morgan fingerprint density at radius 1 is 1.11 bits per heavy atom. The van der Waals surface area contributed by atoms with Crippen molar-refractivity contribution in [3.8, 4) is 16.9 Å². The number of ether oxygens (including phenoxy) is 1. The molecule has 1 N–H and O–H groups in total. The summed E-state index contributed by atoms with van der Waals surface area (Å²) in [5.74, 6) is -0.664. The van der Waals surface area contributed by atoms with Crippen molar-refractivity contribution in [1.82, 2.24) is 0 Å². The number of hydrogen-bond donors (Lipinski definition) is 1. The Morgan fingerprint density at radius 2 is 1.74 bits per heavy atom. The van der Waals surface area contributed by atoms with Crippen LogP contribution in [0.15, 0.2) is 54.6 Å². The Balaban J connectivity index is 2.20. The molecule has 2 aromatic carbocycles. The fourth-order valence-electron chi connectivity index (χ4n) is 1.73. The molecule has 19 heavy (non-hydrogen) atoms. The van der Waals surface area contributed by atoms with E-state index in [1.54, 1.807) is 6.92 Å². The van der Waals surface area contributed by atoms with Crippen molar-refractivity contribution in [2.75, 3.05) is 6.61 Å². The minimum Gasteiger partial charge on any atom is -0.492 e. The zero-order chi connectivity index (χ0) is 13.7. The topological polar surface area (TPSA) is 46.5 Å². The summed E-state index contributed by atoms with van der Waals surface area (Å²) in [6, 6.07) is 17.5. The Morgan fingerprint density at radius 3 is 2.42 bits per heavy atom. The molecule has 0 heterocycles. The summed E-state index contributed by atoms with van der Waals surface area (Å²) in [6.45, 7) is 1.80. The van der Waals surface area contributed by atoms with Crippen LogP contribution in [0, 0.1) is 5.92 Å². The summed E-state index contributed by atoms with van der Waals surface area (Å²) in [6.07, 6.45) is 0. The van der Waals surface area contributed by atoms with Crippen molar-refractivity contribution in [2.45, 2.75) is 6.92 Å². The molecule has 0 saturated heterocycles. The van der Waals surface area contributed by atoms with Gasteiger partial charge < -0.3 is 9.84 Å². The van der Waals surface area contributed by atoms with Gasteiger partial charge in [-0.05, 0) is 18.6 Å². The Kier molecular flexibility index (Phi) is 4.18. The molecule has 0 bridgehead atoms. The molecular formula is C16H16O3. The maximum absolute atomic E-state index is 10.8. The second-order valence-corrected chi connectivity index (χ2v) is 4.41. The molecule has 0 amide bonds. The molecule has 3 heteroatoms. The van der Waals surface area contributed by atoms with Gasteiger partial charge in [0, 0.05) is 5.56 Å². The predicted molar refractivity (Wildman–Crippen MR) is 74.2 cm³/mol. The number of carboxylic acids is 1. The normalized spacial score (nSPS) is 11.8. The van der Waals surface area contributed by atoms with Crippen LogP contribution in [0.4, 0.5) is 0 Å². The van der Waals surface area contributed by atoms with Crippen LogP contribution in [0.5, 0.6) is 5.75 Å². The van der Waals surface area contributed by atoms with Crippen LogP contribution in [0.2, 0.25) is 0 Å². The van der Waals surface area contributed by atoms with Gasteiger partial charge in [0.1, 0.15) is 12.4 Å². The average Bonchev–Trinajstić information content (AvgIpc) is 2.46. The molecule has 98 valence electrons. The fraction of sp³-hybridized carbons (Fsp3) is 0.188. The quantitative estimate of drug-likeness (QED) is 0.891. The molecule has 2 rings (SSSR count). The predicted octanol–water partition coefficient (Wildman–Crippen LogP) is 3.45. The number of hydrogen-bond acceptors (Lipinski definition) is 2. The Labute approximate surface area is 112 Å². The van der Waals surface area contributed by atoms with Gasteiger partial charge in [0.15, 0.2) is 0 Å². The van der Waals surface area contributed by atoms with Crippen molar-refractivity contribution in [3.05, 3.63) is 54.6 Å². The summed E-state index contributed by atoms with van der Waals surface area (Å²) in [4.78, 5) is 10.8. The van der Waals surface area contributed by atoms with Gasteiger partial charge in [-0.15, -0.1) is 0 Å². The van der Waals surface area contributed by atoms with Crippen molar-refractivity contribution >= 4 is 5.97 Å². The molecule has 0 saturated carbocycles. The first kappa shape index (κ1) is 13.1. The number of para-hydroxylation sites is 1. The van der Waals surface area contributed by atoms with Gasteiger partial charge in [0.05, 0.1) is 5.92 Å². The van der Waals surface area contributed by atoms with Gasteiger partial charge in [-0.25, -0.2) is 0 Å². The molecule has 0 radical (unpaired) electrons. The van der Waals surface area contributed by atoms with Gasteiger partial charge in [-0.3, -0.25) is 4.79 Å². The monoisotopic (exact) mass is 256 g/mol. The minimum atomic E-state index is -0.850. The molecule has 1 atom stereocenters. The third-order valence-electron chi connectivity index (χ3n) is 2.88. The number of aliphatic carboxylic acids is 1. The lowest BCUT2D eigenvalue weighted by Crippen LogP contribution is -2.18. The van der Waals surface area contributed by atoms with Crippen molar-refractivity contribution in [1.29, 1.82) is 0 Å². The van der Waals surface area contributed by atoms with Crippen molar-refractivity contribution in [2.24, 2.45) is 5.92 Å². The summed E-state index contributed by atoms with van der Waals surface area (Å²) < 4.78 is 5.63. The Bertz CT molecular complexity index is 549. The molecule has 3 nitrogen and oxygen atoms in total. The number of rotatable bonds is 5. The second kappa shape index (κ2) is 6.05. The third kappa shape index (κ3) is 3.35. The largest absolute Gasteiger partial charge is 0.492 e. The highest BCUT2D eigenvalue weighted by molar-refractivity contribution is 5.71. The first-order valence-electron chi connectivity index (χ1n) is 6.18. The second-order valence-electron chi connectivity index (χ2n) is 4.41. The maximum Gasteiger partial charge on any atom is 0.309 e. The van der Waals surface area contributed by atoms with Gasteiger partial charge in [-0.2, -0.15) is 0 Å². The smallest absolute Gasteiger partial charge is 0.309 e. The van der Waals surface area contributed by atoms with Gasteiger partial charge in [0.2, 0.25) is 0 Å². The van der Waals surface area contributed by atoms with E-state index < -0.39 is 11.9 Å². The van der Waals surface area contributed by atoms with E-state index in [1.165, 1.54) is 0 Å². The number of benzene rings is 2. The van der Waals surface area contributed by atoms with Gasteiger partial charge in [-0.1, -0.05) is 48.5 Å². The minimum absolute atomic E-state index is 0.166. The van der Waals surface area contributed by atoms with Crippen LogP contribution in [-0.4, -0.2) is 17.7 Å². The number of carboxylic acid groups (broad SMARTS) is 1. The summed E-state index contributed by atoms with van der Waals surface area (Å²) in [5, 5.41) is 8.87. The molecule has 0 aliphatic carbocycles. The first-order valence-corrected chi connectivity index (χ1v) is 6.18. The summed E-state index contributed by atoms with van der Waals surface area (Å²) >= 11 is 0. The van der Waals surface area contributed by atoms with E-state index in [1.807, 2.05) is 54.6 Å². The molecule has 0 aliphatic rings. The first-order chi connectivity index (χ1) is 9.18. The molecule has 0 spiro atoms. The van der Waals surface area contributed by atoms with E-state index in [-0.39, 0.29) is 6.61 Å². The van der Waals surface area contributed by atoms with Crippen LogP contribution in [0.25, 0.3) is 11.1 Å². The van der Waals surface area contributed by atoms with E-state index in [2.05, 4.69) is 0 Å². The van der Waals surface area contributed by atoms with Crippen LogP contribution >= 0.6 is 0 Å². The van der Waals surface area contributed by atoms with E-state index in [0.29, 0.717) is 5.75 Å². The molecule has 0 fully saturated rings. The lowest BCUT2D eigenvalue weighted by atomic mass is 10.0. The van der Waals surface area contributed by atoms with Crippen LogP contribution in [-0.2, 0) is 4.79 Å². The average molecular weight is 256 g/mol. The van der Waals surface area contributed by atoms with Crippen LogP contribution < -0.4 is 4.74 Å². The SMILES string of the molecule is CC(COc1ccccc1-c1ccccc1)C(=O)O. The van der Waals surface area contributed by atoms with Gasteiger partial charge in [0.25, 0.3) is 0 Å². The van der Waals surface area contributed by atoms with E-state index in [4.69, 9.17) is 9.84 Å². The molecular weight excluding hydrogens is 240 g/mol. The summed E-state index contributed by atoms with van der Waals surface area (Å²) in [7, 11) is 0. The van der Waals surface area contributed by atoms with E-state index in [0.717, 1.165) is 11.1 Å². The highest BCUT2D eigenvalue weighted by atomic mass is 16.5. The standard InChI is InChI=1S/C16H16O3/c1-12(16(17)18)11-19-15-10-6-5-9-14(15)13-7-3-2-4-8-13/h2-10,12H,11H2,1H3,(H,17,18). The zero-order valence-corrected chi connectivity index (χ0v) is 10.7. The molecule has 0 aliphatic heterocycles. The summed E-state index contributed by atoms with van der Waals surface area (Å²) in [5.41, 5.74) is 2.03. The Hall–Kier alpha value is -2.29. The third-order valence-corrected chi connectivity index (χ3v) is 2.88. The lowest BCUT2D eigenvalue weighted by molar-refractivity contribution is -0.142. The zero-order valence-electron chi connectivity index (χ0n) is 10.7. The van der Waals surface area contributed by atoms with Crippen molar-refractivity contribution in [3.63, 3.8) is 0 Å². The van der Waals surface area contributed by atoms with Crippen LogP contribution in [0.3, 0.4) is 0 Å². The van der Waals surface area contributed by atoms with Crippen LogP contribution in [0.1, 0.15) is 6.92 Å². The fourth-order valence-corrected chi connectivity index (χ4v) is 1.73. The maximum atomic E-state index is 10.8. The van der Waals surface area contributed by atoms with Gasteiger partial charge >= 0.3 is 5.97 Å². The molecule has 1 unspecified atom stereocenters. The number of carbonyl (C=O) groups is 1. The van der Waals surface area contributed by atoms with E-state index in [9.17, 15) is 4.79 Å². The highest BCUT2D eigenvalue weighted by Gasteiger charge is 2.13. The highest BCUT2D eigenvalue weighted by Crippen LogP contribution is 2.29.